The predicted octanol–water partition coefficient (Wildman–Crippen LogP) is 4.95. The van der Waals surface area contributed by atoms with E-state index in [1.807, 2.05) is 32.9 Å². The summed E-state index contributed by atoms with van der Waals surface area (Å²) in [7, 11) is 0. The molecule has 6 nitrogen and oxygen atoms in total. The predicted molar refractivity (Wildman–Crippen MR) is 124 cm³/mol. The van der Waals surface area contributed by atoms with Gasteiger partial charge in [-0.25, -0.2) is 9.78 Å². The topological polar surface area (TPSA) is 54.9 Å². The summed E-state index contributed by atoms with van der Waals surface area (Å²) in [5, 5.41) is 3.95. The highest BCUT2D eigenvalue weighted by Gasteiger charge is 2.39. The van der Waals surface area contributed by atoms with Gasteiger partial charge in [-0.15, -0.1) is 11.3 Å². The molecule has 8 heteroatoms. The van der Waals surface area contributed by atoms with Crippen molar-refractivity contribution >= 4 is 34.2 Å². The van der Waals surface area contributed by atoms with E-state index in [0.29, 0.717) is 13.1 Å². The lowest BCUT2D eigenvalue weighted by molar-refractivity contribution is 0.0240. The fraction of sp³-hybridized carbons (Fsp3) is 0.565. The maximum atomic E-state index is 12.3. The molecule has 2 aliphatic heterocycles. The molecule has 31 heavy (non-hydrogen) atoms. The van der Waals surface area contributed by atoms with Crippen molar-refractivity contribution in [1.82, 2.24) is 9.88 Å². The van der Waals surface area contributed by atoms with E-state index in [0.717, 1.165) is 55.0 Å². The molecule has 3 heterocycles. The Bertz CT molecular complexity index is 896. The van der Waals surface area contributed by atoms with E-state index in [-0.39, 0.29) is 11.5 Å². The van der Waals surface area contributed by atoms with Gasteiger partial charge in [0.05, 0.1) is 5.69 Å². The SMILES string of the molecule is CC(C)(C)OC(=O)N1CCN(c2nc(C3(c4ccc(Cl)cc4)CCOCC3)cs2)CC1. The first-order valence-electron chi connectivity index (χ1n) is 10.8. The van der Waals surface area contributed by atoms with Gasteiger partial charge in [0.25, 0.3) is 0 Å². The van der Waals surface area contributed by atoms with Crippen LogP contribution in [0, 0.1) is 0 Å². The van der Waals surface area contributed by atoms with E-state index in [1.165, 1.54) is 5.56 Å². The number of amides is 1. The van der Waals surface area contributed by atoms with Gasteiger partial charge in [-0.3, -0.25) is 0 Å². The second-order valence-electron chi connectivity index (χ2n) is 9.17. The van der Waals surface area contributed by atoms with Gasteiger partial charge >= 0.3 is 6.09 Å². The van der Waals surface area contributed by atoms with Crippen LogP contribution in [0.25, 0.3) is 0 Å². The van der Waals surface area contributed by atoms with Gasteiger partial charge in [-0.2, -0.15) is 0 Å². The van der Waals surface area contributed by atoms with E-state index in [1.54, 1.807) is 16.2 Å². The average Bonchev–Trinajstić information content (AvgIpc) is 3.24. The third-order valence-corrected chi connectivity index (χ3v) is 7.08. The minimum Gasteiger partial charge on any atom is -0.444 e. The van der Waals surface area contributed by atoms with Gasteiger partial charge < -0.3 is 19.3 Å². The number of carbonyl (C=O) groups is 1. The van der Waals surface area contributed by atoms with Crippen LogP contribution in [-0.4, -0.2) is 61.0 Å². The highest BCUT2D eigenvalue weighted by atomic mass is 35.5. The van der Waals surface area contributed by atoms with Crippen LogP contribution in [0.15, 0.2) is 29.6 Å². The van der Waals surface area contributed by atoms with Crippen molar-refractivity contribution in [1.29, 1.82) is 0 Å². The van der Waals surface area contributed by atoms with Gasteiger partial charge in [0.1, 0.15) is 5.60 Å². The number of thiazole rings is 1. The van der Waals surface area contributed by atoms with Crippen LogP contribution < -0.4 is 4.90 Å². The zero-order chi connectivity index (χ0) is 22.1. The summed E-state index contributed by atoms with van der Waals surface area (Å²) in [5.74, 6) is 0. The first-order chi connectivity index (χ1) is 14.8. The molecular formula is C23H30ClN3O3S. The first-order valence-corrected chi connectivity index (χ1v) is 12.1. The monoisotopic (exact) mass is 463 g/mol. The first kappa shape index (κ1) is 22.4. The number of hydrogen-bond donors (Lipinski definition) is 0. The third kappa shape index (κ3) is 4.99. The zero-order valence-corrected chi connectivity index (χ0v) is 20.0. The summed E-state index contributed by atoms with van der Waals surface area (Å²) in [6.45, 7) is 9.92. The Morgan fingerprint density at radius 2 is 1.77 bits per heavy atom. The number of benzene rings is 1. The highest BCUT2D eigenvalue weighted by molar-refractivity contribution is 7.13. The molecule has 0 atom stereocenters. The average molecular weight is 464 g/mol. The fourth-order valence-corrected chi connectivity index (χ4v) is 5.32. The van der Waals surface area contributed by atoms with Crippen LogP contribution in [-0.2, 0) is 14.9 Å². The number of halogens is 1. The molecule has 0 aliphatic carbocycles. The molecule has 0 spiro atoms. The second kappa shape index (κ2) is 8.96. The Morgan fingerprint density at radius 1 is 1.13 bits per heavy atom. The van der Waals surface area contributed by atoms with Gasteiger partial charge in [0, 0.05) is 55.2 Å². The molecule has 1 aromatic heterocycles. The Labute approximate surface area is 193 Å². The molecule has 2 fully saturated rings. The molecule has 0 saturated carbocycles. The van der Waals surface area contributed by atoms with Crippen LogP contribution in [0.4, 0.5) is 9.93 Å². The van der Waals surface area contributed by atoms with Crippen LogP contribution in [0.5, 0.6) is 0 Å². The summed E-state index contributed by atoms with van der Waals surface area (Å²) < 4.78 is 11.2. The van der Waals surface area contributed by atoms with Crippen LogP contribution in [0.3, 0.4) is 0 Å². The largest absolute Gasteiger partial charge is 0.444 e. The lowest BCUT2D eigenvalue weighted by atomic mass is 9.72. The van der Waals surface area contributed by atoms with Crippen molar-refractivity contribution < 1.29 is 14.3 Å². The number of nitrogens with zero attached hydrogens (tertiary/aromatic N) is 3. The van der Waals surface area contributed by atoms with Crippen LogP contribution in [0.1, 0.15) is 44.9 Å². The summed E-state index contributed by atoms with van der Waals surface area (Å²) in [6.07, 6.45) is 1.57. The molecule has 1 aromatic carbocycles. The lowest BCUT2D eigenvalue weighted by Gasteiger charge is -2.37. The number of aromatic nitrogens is 1. The number of ether oxygens (including phenoxy) is 2. The Kier molecular flexibility index (Phi) is 6.47. The molecule has 0 bridgehead atoms. The second-order valence-corrected chi connectivity index (χ2v) is 10.4. The summed E-state index contributed by atoms with van der Waals surface area (Å²) in [6, 6.07) is 8.15. The molecule has 1 amide bonds. The van der Waals surface area contributed by atoms with Crippen molar-refractivity contribution in [2.24, 2.45) is 0 Å². The maximum absolute atomic E-state index is 12.3. The Balaban J connectivity index is 1.48. The lowest BCUT2D eigenvalue weighted by Crippen LogP contribution is -2.50. The Hall–Kier alpha value is -1.83. The molecule has 2 aromatic rings. The van der Waals surface area contributed by atoms with E-state index in [2.05, 4.69) is 22.4 Å². The summed E-state index contributed by atoms with van der Waals surface area (Å²) >= 11 is 7.81. The van der Waals surface area contributed by atoms with Crippen molar-refractivity contribution in [2.75, 3.05) is 44.3 Å². The van der Waals surface area contributed by atoms with E-state index in [4.69, 9.17) is 26.1 Å². The smallest absolute Gasteiger partial charge is 0.410 e. The van der Waals surface area contributed by atoms with E-state index >= 15 is 0 Å². The van der Waals surface area contributed by atoms with Crippen molar-refractivity contribution in [2.45, 2.75) is 44.6 Å². The highest BCUT2D eigenvalue weighted by Crippen LogP contribution is 2.43. The van der Waals surface area contributed by atoms with Crippen molar-refractivity contribution in [3.05, 3.63) is 45.9 Å². The number of rotatable bonds is 3. The molecule has 0 radical (unpaired) electrons. The summed E-state index contributed by atoms with van der Waals surface area (Å²) in [4.78, 5) is 21.5. The zero-order valence-electron chi connectivity index (χ0n) is 18.4. The quantitative estimate of drug-likeness (QED) is 0.644. The van der Waals surface area contributed by atoms with Gasteiger partial charge in [-0.05, 0) is 51.3 Å². The fourth-order valence-electron chi connectivity index (χ4n) is 4.22. The molecule has 2 aliphatic rings. The number of hydrogen-bond acceptors (Lipinski definition) is 6. The normalized spacial score (nSPS) is 19.4. The maximum Gasteiger partial charge on any atom is 0.410 e. The molecule has 168 valence electrons. The number of piperazine rings is 1. The van der Waals surface area contributed by atoms with E-state index < -0.39 is 5.60 Å². The molecule has 2 saturated heterocycles. The van der Waals surface area contributed by atoms with Crippen LogP contribution >= 0.6 is 22.9 Å². The molecule has 0 N–H and O–H groups in total. The van der Waals surface area contributed by atoms with Crippen LogP contribution in [0.2, 0.25) is 5.02 Å². The standard InChI is InChI=1S/C23H30ClN3O3S/c1-22(2,3)30-21(28)27-12-10-26(11-13-27)20-25-19(16-31-20)23(8-14-29-15-9-23)17-4-6-18(24)7-5-17/h4-7,16H,8-15H2,1-3H3. The third-order valence-electron chi connectivity index (χ3n) is 5.93. The Morgan fingerprint density at radius 3 is 2.39 bits per heavy atom. The minimum absolute atomic E-state index is 0.143. The van der Waals surface area contributed by atoms with Crippen molar-refractivity contribution in [3.8, 4) is 0 Å². The molecule has 4 rings (SSSR count). The number of anilines is 1. The van der Waals surface area contributed by atoms with Crippen molar-refractivity contribution in [3.63, 3.8) is 0 Å². The van der Waals surface area contributed by atoms with Gasteiger partial charge in [-0.1, -0.05) is 23.7 Å². The summed E-state index contributed by atoms with van der Waals surface area (Å²) in [5.41, 5.74) is 1.73. The van der Waals surface area contributed by atoms with Gasteiger partial charge in [0.2, 0.25) is 0 Å². The molecule has 0 unspecified atom stereocenters. The molecular weight excluding hydrogens is 434 g/mol. The van der Waals surface area contributed by atoms with E-state index in [9.17, 15) is 4.79 Å². The van der Waals surface area contributed by atoms with Gasteiger partial charge in [0.15, 0.2) is 5.13 Å². The minimum atomic E-state index is -0.474. The number of carbonyl (C=O) groups excluding carboxylic acids is 1.